The average Bonchev–Trinajstić information content (AvgIpc) is 2.94. The number of urea groups is 1. The summed E-state index contributed by atoms with van der Waals surface area (Å²) in [7, 11) is 0. The van der Waals surface area contributed by atoms with Crippen molar-refractivity contribution in [2.75, 3.05) is 13.2 Å². The number of ether oxygens (including phenoxy) is 1. The van der Waals surface area contributed by atoms with Gasteiger partial charge in [-0.25, -0.2) is 4.79 Å². The van der Waals surface area contributed by atoms with Crippen molar-refractivity contribution in [2.24, 2.45) is 5.92 Å². The molecule has 1 aliphatic rings. The highest BCUT2D eigenvalue weighted by molar-refractivity contribution is 5.77. The van der Waals surface area contributed by atoms with Crippen LogP contribution >= 0.6 is 0 Å². The summed E-state index contributed by atoms with van der Waals surface area (Å²) >= 11 is 0. The van der Waals surface area contributed by atoms with Crippen molar-refractivity contribution < 1.29 is 19.4 Å². The maximum atomic E-state index is 11.7. The summed E-state index contributed by atoms with van der Waals surface area (Å²) < 4.78 is 5.07. The molecule has 110 valence electrons. The van der Waals surface area contributed by atoms with E-state index in [0.29, 0.717) is 12.1 Å². The van der Waals surface area contributed by atoms with Crippen molar-refractivity contribution >= 4 is 12.0 Å². The van der Waals surface area contributed by atoms with Crippen molar-refractivity contribution in [3.05, 3.63) is 35.4 Å². The molecule has 1 saturated heterocycles. The molecule has 2 amide bonds. The molecular weight excluding hydrogens is 274 g/mol. The first kappa shape index (κ1) is 14.8. The molecule has 0 spiro atoms. The number of aliphatic carboxylic acids is 1. The van der Waals surface area contributed by atoms with Crippen LogP contribution in [-0.2, 0) is 16.1 Å². The van der Waals surface area contributed by atoms with Gasteiger partial charge in [-0.1, -0.05) is 12.1 Å². The Hall–Kier alpha value is -2.59. The van der Waals surface area contributed by atoms with Gasteiger partial charge in [-0.3, -0.25) is 4.79 Å². The van der Waals surface area contributed by atoms with Crippen LogP contribution in [0.5, 0.6) is 0 Å². The number of nitrogens with zero attached hydrogens (tertiary/aromatic N) is 1. The van der Waals surface area contributed by atoms with E-state index >= 15 is 0 Å². The van der Waals surface area contributed by atoms with E-state index in [9.17, 15) is 9.59 Å². The van der Waals surface area contributed by atoms with Gasteiger partial charge in [0.25, 0.3) is 0 Å². The monoisotopic (exact) mass is 289 g/mol. The fraction of sp³-hybridized carbons (Fsp3) is 0.357. The first-order chi connectivity index (χ1) is 10.1. The van der Waals surface area contributed by atoms with Gasteiger partial charge in [0.15, 0.2) is 0 Å². The Labute approximate surface area is 121 Å². The van der Waals surface area contributed by atoms with Crippen LogP contribution in [0.2, 0.25) is 0 Å². The Morgan fingerprint density at radius 1 is 1.33 bits per heavy atom. The molecule has 0 radical (unpaired) electrons. The number of amides is 2. The molecule has 2 atom stereocenters. The number of hydrogen-bond acceptors (Lipinski definition) is 4. The number of benzene rings is 1. The highest BCUT2D eigenvalue weighted by Crippen LogP contribution is 2.13. The molecule has 7 heteroatoms. The van der Waals surface area contributed by atoms with E-state index in [1.165, 1.54) is 0 Å². The summed E-state index contributed by atoms with van der Waals surface area (Å²) in [6.45, 7) is 0.597. The predicted octanol–water partition coefficient (Wildman–Crippen LogP) is 0.457. The molecule has 2 unspecified atom stereocenters. The normalized spacial score (nSPS) is 20.5. The zero-order chi connectivity index (χ0) is 15.2. The molecule has 3 N–H and O–H groups in total. The fourth-order valence-electron chi connectivity index (χ4n) is 2.04. The zero-order valence-electron chi connectivity index (χ0n) is 11.2. The minimum atomic E-state index is -0.982. The second-order valence-corrected chi connectivity index (χ2v) is 4.72. The van der Waals surface area contributed by atoms with Gasteiger partial charge in [-0.05, 0) is 17.7 Å². The smallest absolute Gasteiger partial charge is 0.315 e. The lowest BCUT2D eigenvalue weighted by atomic mass is 10.0. The predicted molar refractivity (Wildman–Crippen MR) is 72.3 cm³/mol. The van der Waals surface area contributed by atoms with Gasteiger partial charge in [0, 0.05) is 6.54 Å². The minimum Gasteiger partial charge on any atom is -0.481 e. The number of hydrogen-bond donors (Lipinski definition) is 3. The summed E-state index contributed by atoms with van der Waals surface area (Å²) in [5.41, 5.74) is 1.40. The molecular formula is C14H15N3O4. The summed E-state index contributed by atoms with van der Waals surface area (Å²) in [5, 5.41) is 22.9. The van der Waals surface area contributed by atoms with E-state index in [1.54, 1.807) is 24.3 Å². The standard InChI is InChI=1S/C14H15N3O4/c15-5-9-1-3-10(4-2-9)6-16-14(20)17-12-8-21-7-11(12)13(18)19/h1-4,11-12H,6-8H2,(H,18,19)(H2,16,17,20). The molecule has 1 aliphatic heterocycles. The molecule has 21 heavy (non-hydrogen) atoms. The molecule has 1 heterocycles. The topological polar surface area (TPSA) is 111 Å². The third-order valence-electron chi connectivity index (χ3n) is 3.25. The molecule has 0 aromatic heterocycles. The largest absolute Gasteiger partial charge is 0.481 e. The molecule has 1 aromatic rings. The zero-order valence-corrected chi connectivity index (χ0v) is 11.2. The van der Waals surface area contributed by atoms with Crippen LogP contribution in [0.25, 0.3) is 0 Å². The lowest BCUT2D eigenvalue weighted by Crippen LogP contribution is -2.47. The Balaban J connectivity index is 1.82. The van der Waals surface area contributed by atoms with Gasteiger partial charge in [0.1, 0.15) is 5.92 Å². The van der Waals surface area contributed by atoms with E-state index in [1.807, 2.05) is 6.07 Å². The van der Waals surface area contributed by atoms with Crippen LogP contribution in [0.15, 0.2) is 24.3 Å². The second kappa shape index (κ2) is 6.72. The Bertz CT molecular complexity index is 565. The molecule has 1 fully saturated rings. The van der Waals surface area contributed by atoms with Gasteiger partial charge in [-0.2, -0.15) is 5.26 Å². The molecule has 0 bridgehead atoms. The number of nitriles is 1. The fourth-order valence-corrected chi connectivity index (χ4v) is 2.04. The van der Waals surface area contributed by atoms with Gasteiger partial charge in [0.2, 0.25) is 0 Å². The molecule has 1 aromatic carbocycles. The summed E-state index contributed by atoms with van der Waals surface area (Å²) in [4.78, 5) is 22.7. The molecule has 0 aliphatic carbocycles. The number of nitrogens with one attached hydrogen (secondary N) is 2. The third kappa shape index (κ3) is 3.94. The van der Waals surface area contributed by atoms with Gasteiger partial charge >= 0.3 is 12.0 Å². The quantitative estimate of drug-likeness (QED) is 0.745. The van der Waals surface area contributed by atoms with E-state index in [-0.39, 0.29) is 13.2 Å². The van der Waals surface area contributed by atoms with Crippen molar-refractivity contribution in [3.63, 3.8) is 0 Å². The van der Waals surface area contributed by atoms with Crippen molar-refractivity contribution in [3.8, 4) is 6.07 Å². The van der Waals surface area contributed by atoms with Crippen LogP contribution in [0, 0.1) is 17.2 Å². The van der Waals surface area contributed by atoms with E-state index < -0.39 is 24.0 Å². The van der Waals surface area contributed by atoms with Crippen molar-refractivity contribution in [1.82, 2.24) is 10.6 Å². The van der Waals surface area contributed by atoms with Gasteiger partial charge in [-0.15, -0.1) is 0 Å². The lowest BCUT2D eigenvalue weighted by Gasteiger charge is -2.16. The highest BCUT2D eigenvalue weighted by Gasteiger charge is 2.34. The SMILES string of the molecule is N#Cc1ccc(CNC(=O)NC2COCC2C(=O)O)cc1. The van der Waals surface area contributed by atoms with Crippen LogP contribution in [0.1, 0.15) is 11.1 Å². The van der Waals surface area contributed by atoms with Gasteiger partial charge in [0.05, 0.1) is 30.9 Å². The number of carbonyl (C=O) groups is 2. The number of carboxylic acid groups (broad SMARTS) is 1. The Kier molecular flexibility index (Phi) is 4.74. The Morgan fingerprint density at radius 2 is 2.05 bits per heavy atom. The first-order valence-electron chi connectivity index (χ1n) is 6.44. The first-order valence-corrected chi connectivity index (χ1v) is 6.44. The maximum Gasteiger partial charge on any atom is 0.315 e. The second-order valence-electron chi connectivity index (χ2n) is 4.72. The molecule has 0 saturated carbocycles. The van der Waals surface area contributed by atoms with Crippen LogP contribution in [0.4, 0.5) is 4.79 Å². The van der Waals surface area contributed by atoms with Crippen molar-refractivity contribution in [1.29, 1.82) is 5.26 Å². The summed E-state index contributed by atoms with van der Waals surface area (Å²) in [5.74, 6) is -1.70. The number of carbonyl (C=O) groups excluding carboxylic acids is 1. The van der Waals surface area contributed by atoms with E-state index in [4.69, 9.17) is 15.1 Å². The van der Waals surface area contributed by atoms with E-state index in [2.05, 4.69) is 10.6 Å². The third-order valence-corrected chi connectivity index (χ3v) is 3.25. The Morgan fingerprint density at radius 3 is 2.67 bits per heavy atom. The molecule has 2 rings (SSSR count). The average molecular weight is 289 g/mol. The number of rotatable bonds is 4. The summed E-state index contributed by atoms with van der Waals surface area (Å²) in [6.07, 6.45) is 0. The number of carboxylic acids is 1. The lowest BCUT2D eigenvalue weighted by molar-refractivity contribution is -0.142. The maximum absolute atomic E-state index is 11.7. The van der Waals surface area contributed by atoms with Gasteiger partial charge < -0.3 is 20.5 Å². The minimum absolute atomic E-state index is 0.107. The van der Waals surface area contributed by atoms with Crippen LogP contribution in [-0.4, -0.2) is 36.4 Å². The van der Waals surface area contributed by atoms with Crippen LogP contribution in [0.3, 0.4) is 0 Å². The highest BCUT2D eigenvalue weighted by atomic mass is 16.5. The van der Waals surface area contributed by atoms with E-state index in [0.717, 1.165) is 5.56 Å². The van der Waals surface area contributed by atoms with Crippen LogP contribution < -0.4 is 10.6 Å². The molecule has 7 nitrogen and oxygen atoms in total. The van der Waals surface area contributed by atoms with Crippen molar-refractivity contribution in [2.45, 2.75) is 12.6 Å². The summed E-state index contributed by atoms with van der Waals surface area (Å²) in [6, 6.07) is 7.87.